The largest absolute Gasteiger partial charge is 0.493 e. The molecule has 1 heterocycles. The molecule has 31 heavy (non-hydrogen) atoms. The van der Waals surface area contributed by atoms with Gasteiger partial charge in [-0.2, -0.15) is 5.26 Å². The van der Waals surface area contributed by atoms with Gasteiger partial charge in [0.2, 0.25) is 0 Å². The van der Waals surface area contributed by atoms with Crippen molar-refractivity contribution in [1.82, 2.24) is 4.98 Å². The predicted molar refractivity (Wildman–Crippen MR) is 124 cm³/mol. The minimum atomic E-state index is -0.161. The number of anilines is 1. The average molecular weight is 474 g/mol. The Hall–Kier alpha value is -3.05. The molecular formula is C22H17Cl2N3O3S. The maximum atomic E-state index is 12.1. The van der Waals surface area contributed by atoms with Crippen LogP contribution in [0.4, 0.5) is 5.69 Å². The molecule has 0 aliphatic carbocycles. The van der Waals surface area contributed by atoms with E-state index in [0.29, 0.717) is 49.1 Å². The van der Waals surface area contributed by atoms with Crippen LogP contribution in [0.25, 0.3) is 16.8 Å². The van der Waals surface area contributed by atoms with E-state index in [1.807, 2.05) is 11.4 Å². The Bertz CT molecular complexity index is 1220. The lowest BCUT2D eigenvalue weighted by Crippen LogP contribution is -2.03. The Morgan fingerprint density at radius 1 is 1.16 bits per heavy atom. The van der Waals surface area contributed by atoms with Gasteiger partial charge in [0, 0.05) is 28.8 Å². The van der Waals surface area contributed by atoms with Crippen molar-refractivity contribution in [3.8, 4) is 28.8 Å². The van der Waals surface area contributed by atoms with Crippen LogP contribution in [0.3, 0.4) is 0 Å². The molecular weight excluding hydrogens is 457 g/mol. The van der Waals surface area contributed by atoms with Crippen LogP contribution < -0.4 is 14.8 Å². The number of hydrogen-bond donors (Lipinski definition) is 1. The molecule has 0 bridgehead atoms. The summed E-state index contributed by atoms with van der Waals surface area (Å²) in [6.07, 6.45) is 1.51. The SMILES string of the molecule is COc1cc(NC=C(C#N)c2nc(-c3ccc(Cl)c(Cl)c3)cs2)c(C(C)=O)cc1OC. The van der Waals surface area contributed by atoms with Gasteiger partial charge in [0.15, 0.2) is 17.3 Å². The molecule has 6 nitrogen and oxygen atoms in total. The summed E-state index contributed by atoms with van der Waals surface area (Å²) >= 11 is 13.4. The first-order valence-electron chi connectivity index (χ1n) is 8.93. The van der Waals surface area contributed by atoms with Crippen molar-refractivity contribution < 1.29 is 14.3 Å². The fourth-order valence-electron chi connectivity index (χ4n) is 2.77. The summed E-state index contributed by atoms with van der Waals surface area (Å²) in [7, 11) is 3.00. The number of hydrogen-bond acceptors (Lipinski definition) is 7. The van der Waals surface area contributed by atoms with Crippen molar-refractivity contribution in [3.63, 3.8) is 0 Å². The maximum absolute atomic E-state index is 12.1. The third kappa shape index (κ3) is 5.00. The monoisotopic (exact) mass is 473 g/mol. The number of carbonyl (C=O) groups excluding carboxylic acids is 1. The van der Waals surface area contributed by atoms with Crippen LogP contribution in [0.5, 0.6) is 11.5 Å². The van der Waals surface area contributed by atoms with E-state index < -0.39 is 0 Å². The van der Waals surface area contributed by atoms with E-state index >= 15 is 0 Å². The molecule has 0 aliphatic heterocycles. The molecule has 0 unspecified atom stereocenters. The zero-order valence-corrected chi connectivity index (χ0v) is 19.2. The highest BCUT2D eigenvalue weighted by atomic mass is 35.5. The number of nitriles is 1. The molecule has 0 saturated carbocycles. The van der Waals surface area contributed by atoms with Gasteiger partial charge in [-0.25, -0.2) is 4.98 Å². The van der Waals surface area contributed by atoms with E-state index in [4.69, 9.17) is 32.7 Å². The average Bonchev–Trinajstić information content (AvgIpc) is 3.25. The molecule has 2 aromatic carbocycles. The van der Waals surface area contributed by atoms with Gasteiger partial charge < -0.3 is 14.8 Å². The third-order valence-electron chi connectivity index (χ3n) is 4.35. The first-order chi connectivity index (χ1) is 14.9. The van der Waals surface area contributed by atoms with Gasteiger partial charge in [0.05, 0.1) is 35.6 Å². The van der Waals surface area contributed by atoms with Crippen molar-refractivity contribution in [2.45, 2.75) is 6.92 Å². The fraction of sp³-hybridized carbons (Fsp3) is 0.136. The number of nitrogens with zero attached hydrogens (tertiary/aromatic N) is 2. The standard InChI is InChI=1S/C22H17Cl2N3O3S/c1-12(28)15-7-20(29-2)21(30-3)8-18(15)26-10-14(9-25)22-27-19(11-31-22)13-4-5-16(23)17(24)6-13/h4-8,10-11,26H,1-3H3. The van der Waals surface area contributed by atoms with Gasteiger partial charge in [-0.15, -0.1) is 11.3 Å². The lowest BCUT2D eigenvalue weighted by molar-refractivity contribution is 0.101. The number of allylic oxidation sites excluding steroid dienone is 1. The molecule has 0 amide bonds. The minimum Gasteiger partial charge on any atom is -0.493 e. The molecule has 0 saturated heterocycles. The van der Waals surface area contributed by atoms with Crippen molar-refractivity contribution in [2.24, 2.45) is 0 Å². The second-order valence-corrected chi connectivity index (χ2v) is 7.96. The van der Waals surface area contributed by atoms with E-state index in [1.54, 1.807) is 24.3 Å². The second kappa shape index (κ2) is 9.84. The number of thiazole rings is 1. The number of ketones is 1. The molecule has 0 fully saturated rings. The summed E-state index contributed by atoms with van der Waals surface area (Å²) in [4.78, 5) is 16.6. The lowest BCUT2D eigenvalue weighted by atomic mass is 10.1. The summed E-state index contributed by atoms with van der Waals surface area (Å²) in [5.41, 5.74) is 2.66. The van der Waals surface area contributed by atoms with Gasteiger partial charge in [-0.05, 0) is 25.1 Å². The molecule has 3 aromatic rings. The Balaban J connectivity index is 1.93. The molecule has 3 rings (SSSR count). The number of nitrogens with one attached hydrogen (secondary N) is 1. The highest BCUT2D eigenvalue weighted by molar-refractivity contribution is 7.11. The van der Waals surface area contributed by atoms with Gasteiger partial charge in [-0.3, -0.25) is 4.79 Å². The molecule has 1 N–H and O–H groups in total. The number of ether oxygens (including phenoxy) is 2. The molecule has 9 heteroatoms. The molecule has 0 spiro atoms. The van der Waals surface area contributed by atoms with E-state index in [0.717, 1.165) is 5.56 Å². The summed E-state index contributed by atoms with van der Waals surface area (Å²) in [5.74, 6) is 0.735. The highest BCUT2D eigenvalue weighted by Crippen LogP contribution is 2.34. The van der Waals surface area contributed by atoms with Crippen LogP contribution in [0.1, 0.15) is 22.3 Å². The Morgan fingerprint density at radius 2 is 1.87 bits per heavy atom. The van der Waals surface area contributed by atoms with Crippen LogP contribution in [-0.4, -0.2) is 25.0 Å². The van der Waals surface area contributed by atoms with Crippen LogP contribution in [0.15, 0.2) is 41.9 Å². The predicted octanol–water partition coefficient (Wildman–Crippen LogP) is 6.31. The van der Waals surface area contributed by atoms with Crippen LogP contribution >= 0.6 is 34.5 Å². The number of carbonyl (C=O) groups is 1. The summed E-state index contributed by atoms with van der Waals surface area (Å²) in [5, 5.41) is 15.9. The van der Waals surface area contributed by atoms with Gasteiger partial charge in [0.1, 0.15) is 16.6 Å². The zero-order chi connectivity index (χ0) is 22.5. The Labute approximate surface area is 193 Å². The first-order valence-corrected chi connectivity index (χ1v) is 10.6. The van der Waals surface area contributed by atoms with E-state index in [1.165, 1.54) is 38.7 Å². The highest BCUT2D eigenvalue weighted by Gasteiger charge is 2.15. The number of rotatable bonds is 7. The number of halogens is 2. The lowest BCUT2D eigenvalue weighted by Gasteiger charge is -2.13. The third-order valence-corrected chi connectivity index (χ3v) is 5.96. The van der Waals surface area contributed by atoms with Gasteiger partial charge >= 0.3 is 0 Å². The maximum Gasteiger partial charge on any atom is 0.162 e. The smallest absolute Gasteiger partial charge is 0.162 e. The van der Waals surface area contributed by atoms with Crippen molar-refractivity contribution >= 4 is 51.6 Å². The van der Waals surface area contributed by atoms with Crippen LogP contribution in [0, 0.1) is 11.3 Å². The summed E-state index contributed by atoms with van der Waals surface area (Å²) in [6.45, 7) is 1.45. The van der Waals surface area contributed by atoms with Crippen molar-refractivity contribution in [3.05, 3.63) is 62.5 Å². The van der Waals surface area contributed by atoms with Crippen molar-refractivity contribution in [2.75, 3.05) is 19.5 Å². The number of benzene rings is 2. The molecule has 0 atom stereocenters. The number of Topliss-reactive ketones (excluding diaryl/α,β-unsaturated/α-hetero) is 1. The number of methoxy groups -OCH3 is 2. The Kier molecular flexibility index (Phi) is 7.18. The quantitative estimate of drug-likeness (QED) is 0.319. The molecule has 0 radical (unpaired) electrons. The Morgan fingerprint density at radius 3 is 2.48 bits per heavy atom. The van der Waals surface area contributed by atoms with Gasteiger partial charge in [-0.1, -0.05) is 29.3 Å². The molecule has 158 valence electrons. The summed E-state index contributed by atoms with van der Waals surface area (Å²) in [6, 6.07) is 10.6. The topological polar surface area (TPSA) is 84.2 Å². The van der Waals surface area contributed by atoms with E-state index in [9.17, 15) is 10.1 Å². The molecule has 1 aromatic heterocycles. The first kappa shape index (κ1) is 22.6. The number of aromatic nitrogens is 1. The second-order valence-electron chi connectivity index (χ2n) is 6.29. The zero-order valence-electron chi connectivity index (χ0n) is 16.8. The van der Waals surface area contributed by atoms with E-state index in [2.05, 4.69) is 16.4 Å². The fourth-order valence-corrected chi connectivity index (χ4v) is 3.86. The molecule has 0 aliphatic rings. The van der Waals surface area contributed by atoms with Gasteiger partial charge in [0.25, 0.3) is 0 Å². The minimum absolute atomic E-state index is 0.161. The van der Waals surface area contributed by atoms with E-state index in [-0.39, 0.29) is 5.78 Å². The van der Waals surface area contributed by atoms with Crippen LogP contribution in [-0.2, 0) is 0 Å². The summed E-state index contributed by atoms with van der Waals surface area (Å²) < 4.78 is 10.6. The van der Waals surface area contributed by atoms with Crippen molar-refractivity contribution in [1.29, 1.82) is 5.26 Å². The normalized spacial score (nSPS) is 11.0. The van der Waals surface area contributed by atoms with Crippen LogP contribution in [0.2, 0.25) is 10.0 Å².